The van der Waals surface area contributed by atoms with Crippen LogP contribution in [0.3, 0.4) is 0 Å². The molecule has 0 spiro atoms. The van der Waals surface area contributed by atoms with Crippen LogP contribution in [-0.4, -0.2) is 37.9 Å². The van der Waals surface area contributed by atoms with Crippen molar-refractivity contribution >= 4 is 39.4 Å². The predicted molar refractivity (Wildman–Crippen MR) is 125 cm³/mol. The van der Waals surface area contributed by atoms with Crippen LogP contribution in [0.25, 0.3) is 5.69 Å². The molecule has 1 amide bonds. The van der Waals surface area contributed by atoms with Crippen molar-refractivity contribution in [3.63, 3.8) is 0 Å². The summed E-state index contributed by atoms with van der Waals surface area (Å²) in [5.41, 5.74) is 5.57. The minimum Gasteiger partial charge on any atom is -0.318 e. The number of nitrogens with one attached hydrogen (secondary N) is 1. The van der Waals surface area contributed by atoms with Gasteiger partial charge >= 0.3 is 0 Å². The predicted octanol–water partition coefficient (Wildman–Crippen LogP) is 3.80. The summed E-state index contributed by atoms with van der Waals surface area (Å²) in [6.45, 7) is 3.22. The number of hydrogen-bond acceptors (Lipinski definition) is 4. The average Bonchev–Trinajstić information content (AvgIpc) is 2.99. The standard InChI is InChI=1S/C22H22ClFN4O3S/c1-15-11-17(16(2)28(15)19-8-6-7-18(23)12-19)13-25-26-22(29)14-27(32(3,30)31)21-10-5-4-9-20(21)24/h4-13H,14H2,1-3H3,(H,26,29)/b25-13-. The molecular formula is C22H22ClFN4O3S. The SMILES string of the molecule is Cc1cc(/C=N\NC(=O)CN(c2ccccc2F)S(C)(=O)=O)c(C)n1-c1cccc(Cl)c1. The van der Waals surface area contributed by atoms with Gasteiger partial charge < -0.3 is 4.57 Å². The van der Waals surface area contributed by atoms with Crippen LogP contribution in [0.1, 0.15) is 17.0 Å². The van der Waals surface area contributed by atoms with Crippen LogP contribution in [0, 0.1) is 19.7 Å². The van der Waals surface area contributed by atoms with E-state index >= 15 is 0 Å². The zero-order chi connectivity index (χ0) is 23.5. The summed E-state index contributed by atoms with van der Waals surface area (Å²) in [6, 6.07) is 14.6. The number of carbonyl (C=O) groups is 1. The van der Waals surface area contributed by atoms with Crippen molar-refractivity contribution in [3.8, 4) is 5.69 Å². The van der Waals surface area contributed by atoms with Crippen molar-refractivity contribution in [1.82, 2.24) is 9.99 Å². The molecule has 0 unspecified atom stereocenters. The first kappa shape index (κ1) is 23.5. The monoisotopic (exact) mass is 476 g/mol. The molecule has 32 heavy (non-hydrogen) atoms. The van der Waals surface area contributed by atoms with Crippen LogP contribution in [0.2, 0.25) is 5.02 Å². The van der Waals surface area contributed by atoms with Crippen molar-refractivity contribution < 1.29 is 17.6 Å². The van der Waals surface area contributed by atoms with E-state index in [1.807, 2.05) is 42.7 Å². The number of hydrazone groups is 1. The van der Waals surface area contributed by atoms with E-state index in [4.69, 9.17) is 11.6 Å². The molecular weight excluding hydrogens is 455 g/mol. The lowest BCUT2D eigenvalue weighted by molar-refractivity contribution is -0.119. The van der Waals surface area contributed by atoms with Crippen LogP contribution < -0.4 is 9.73 Å². The third-order valence-corrected chi connectivity index (χ3v) is 6.10. The van der Waals surface area contributed by atoms with Crippen LogP contribution in [-0.2, 0) is 14.8 Å². The van der Waals surface area contributed by atoms with Gasteiger partial charge in [-0.3, -0.25) is 9.10 Å². The molecule has 0 aliphatic carbocycles. The molecule has 168 valence electrons. The van der Waals surface area contributed by atoms with Crippen molar-refractivity contribution in [2.45, 2.75) is 13.8 Å². The minimum atomic E-state index is -3.89. The molecule has 0 aliphatic rings. The van der Waals surface area contributed by atoms with Crippen molar-refractivity contribution in [2.75, 3.05) is 17.1 Å². The first-order valence-corrected chi connectivity index (χ1v) is 11.8. The number of rotatable bonds is 7. The van der Waals surface area contributed by atoms with E-state index in [0.29, 0.717) is 9.33 Å². The summed E-state index contributed by atoms with van der Waals surface area (Å²) >= 11 is 6.09. The van der Waals surface area contributed by atoms with Gasteiger partial charge in [0, 0.05) is 27.7 Å². The first-order valence-electron chi connectivity index (χ1n) is 9.57. The molecule has 1 heterocycles. The number of sulfonamides is 1. The maximum Gasteiger partial charge on any atom is 0.260 e. The number of carbonyl (C=O) groups excluding carboxylic acids is 1. The highest BCUT2D eigenvalue weighted by molar-refractivity contribution is 7.92. The molecule has 1 N–H and O–H groups in total. The van der Waals surface area contributed by atoms with Crippen LogP contribution in [0.5, 0.6) is 0 Å². The normalized spacial score (nSPS) is 11.7. The topological polar surface area (TPSA) is 83.8 Å². The quantitative estimate of drug-likeness (QED) is 0.416. The Bertz CT molecular complexity index is 1290. The minimum absolute atomic E-state index is 0.209. The first-order chi connectivity index (χ1) is 15.1. The molecule has 10 heteroatoms. The van der Waals surface area contributed by atoms with Crippen molar-refractivity contribution in [3.05, 3.63) is 82.4 Å². The van der Waals surface area contributed by atoms with Gasteiger partial charge in [-0.2, -0.15) is 5.10 Å². The maximum atomic E-state index is 14.1. The Labute approximate surface area is 191 Å². The maximum absolute atomic E-state index is 14.1. The van der Waals surface area contributed by atoms with E-state index in [1.54, 1.807) is 6.07 Å². The number of amides is 1. The van der Waals surface area contributed by atoms with E-state index in [-0.39, 0.29) is 5.69 Å². The molecule has 0 radical (unpaired) electrons. The van der Waals surface area contributed by atoms with E-state index in [2.05, 4.69) is 10.5 Å². The van der Waals surface area contributed by atoms with Gasteiger partial charge in [-0.25, -0.2) is 18.2 Å². The summed E-state index contributed by atoms with van der Waals surface area (Å²) in [5.74, 6) is -1.46. The van der Waals surface area contributed by atoms with Crippen molar-refractivity contribution in [2.24, 2.45) is 5.10 Å². The zero-order valence-corrected chi connectivity index (χ0v) is 19.3. The summed E-state index contributed by atoms with van der Waals surface area (Å²) in [5, 5.41) is 4.55. The Morgan fingerprint density at radius 3 is 2.56 bits per heavy atom. The number of para-hydroxylation sites is 1. The number of anilines is 1. The highest BCUT2D eigenvalue weighted by Crippen LogP contribution is 2.23. The smallest absolute Gasteiger partial charge is 0.260 e. The molecule has 0 atom stereocenters. The molecule has 0 fully saturated rings. The lowest BCUT2D eigenvalue weighted by Gasteiger charge is -2.21. The highest BCUT2D eigenvalue weighted by atomic mass is 35.5. The molecule has 2 aromatic carbocycles. The zero-order valence-electron chi connectivity index (χ0n) is 17.7. The van der Waals surface area contributed by atoms with Gasteiger partial charge in [0.25, 0.3) is 5.91 Å². The summed E-state index contributed by atoms with van der Waals surface area (Å²) in [4.78, 5) is 12.3. The van der Waals surface area contributed by atoms with Gasteiger partial charge in [0.15, 0.2) is 0 Å². The molecule has 0 saturated carbocycles. The Kier molecular flexibility index (Phi) is 7.00. The van der Waals surface area contributed by atoms with E-state index in [1.165, 1.54) is 24.4 Å². The second-order valence-electron chi connectivity index (χ2n) is 7.16. The molecule has 0 bridgehead atoms. The molecule has 3 rings (SSSR count). The van der Waals surface area contributed by atoms with Gasteiger partial charge in [0.1, 0.15) is 12.4 Å². The summed E-state index contributed by atoms with van der Waals surface area (Å²) in [6.07, 6.45) is 2.37. The second kappa shape index (κ2) is 9.54. The van der Waals surface area contributed by atoms with Gasteiger partial charge in [0.05, 0.1) is 18.2 Å². The fourth-order valence-corrected chi connectivity index (χ4v) is 4.35. The Morgan fingerprint density at radius 1 is 1.19 bits per heavy atom. The van der Waals surface area contributed by atoms with Crippen molar-refractivity contribution in [1.29, 1.82) is 0 Å². The molecule has 3 aromatic rings. The van der Waals surface area contributed by atoms with Gasteiger partial charge in [-0.05, 0) is 50.2 Å². The summed E-state index contributed by atoms with van der Waals surface area (Å²) < 4.78 is 40.9. The molecule has 7 nitrogen and oxygen atoms in total. The second-order valence-corrected chi connectivity index (χ2v) is 9.50. The van der Waals surface area contributed by atoms with Crippen LogP contribution in [0.15, 0.2) is 59.7 Å². The molecule has 0 saturated heterocycles. The average molecular weight is 477 g/mol. The molecule has 1 aromatic heterocycles. The van der Waals surface area contributed by atoms with E-state index in [0.717, 1.165) is 35.0 Å². The Balaban J connectivity index is 1.75. The number of benzene rings is 2. The van der Waals surface area contributed by atoms with Gasteiger partial charge in [0.2, 0.25) is 10.0 Å². The Hall–Kier alpha value is -3.17. The van der Waals surface area contributed by atoms with E-state index < -0.39 is 28.3 Å². The number of aromatic nitrogens is 1. The number of hydrogen-bond donors (Lipinski definition) is 1. The van der Waals surface area contributed by atoms with Gasteiger partial charge in [-0.15, -0.1) is 0 Å². The Morgan fingerprint density at radius 2 is 1.91 bits per heavy atom. The van der Waals surface area contributed by atoms with Gasteiger partial charge in [-0.1, -0.05) is 29.8 Å². The van der Waals surface area contributed by atoms with Crippen LogP contribution >= 0.6 is 11.6 Å². The van der Waals surface area contributed by atoms with E-state index in [9.17, 15) is 17.6 Å². The lowest BCUT2D eigenvalue weighted by atomic mass is 10.2. The van der Waals surface area contributed by atoms with Crippen LogP contribution in [0.4, 0.5) is 10.1 Å². The number of aryl methyl sites for hydroxylation is 1. The highest BCUT2D eigenvalue weighted by Gasteiger charge is 2.23. The molecule has 0 aliphatic heterocycles. The third kappa shape index (κ3) is 5.35. The fraction of sp³-hybridized carbons (Fsp3) is 0.182. The number of nitrogens with zero attached hydrogens (tertiary/aromatic N) is 3. The third-order valence-electron chi connectivity index (χ3n) is 4.74. The summed E-state index contributed by atoms with van der Waals surface area (Å²) in [7, 11) is -3.89. The lowest BCUT2D eigenvalue weighted by Crippen LogP contribution is -2.39. The number of halogens is 2. The fourth-order valence-electron chi connectivity index (χ4n) is 3.31. The largest absolute Gasteiger partial charge is 0.318 e.